The van der Waals surface area contributed by atoms with Crippen LogP contribution in [0.4, 0.5) is 23.0 Å². The third-order valence-electron chi connectivity index (χ3n) is 3.89. The molecule has 0 aliphatic carbocycles. The zero-order valence-electron chi connectivity index (χ0n) is 14.9. The second kappa shape index (κ2) is 7.65. The molecule has 0 spiro atoms. The lowest BCUT2D eigenvalue weighted by Crippen LogP contribution is -2.02. The SMILES string of the molecule is COC(=O)c1ccc(Nc2cc(Nc3ccc(C)cc3C)ncn2)cc1. The van der Waals surface area contributed by atoms with E-state index in [1.807, 2.05) is 12.1 Å². The summed E-state index contributed by atoms with van der Waals surface area (Å²) in [5, 5.41) is 6.50. The van der Waals surface area contributed by atoms with Crippen LogP contribution in [0.3, 0.4) is 0 Å². The molecule has 6 heteroatoms. The molecular formula is C20H20N4O2. The van der Waals surface area contributed by atoms with E-state index < -0.39 is 0 Å². The Morgan fingerprint density at radius 1 is 0.923 bits per heavy atom. The maximum absolute atomic E-state index is 11.5. The Hall–Kier alpha value is -3.41. The molecule has 132 valence electrons. The minimum absolute atomic E-state index is 0.362. The number of rotatable bonds is 5. The minimum atomic E-state index is -0.362. The van der Waals surface area contributed by atoms with Crippen molar-refractivity contribution in [2.24, 2.45) is 0 Å². The molecule has 0 amide bonds. The van der Waals surface area contributed by atoms with Crippen molar-refractivity contribution in [2.75, 3.05) is 17.7 Å². The monoisotopic (exact) mass is 348 g/mol. The second-order valence-corrected chi connectivity index (χ2v) is 5.93. The lowest BCUT2D eigenvalue weighted by Gasteiger charge is -2.11. The highest BCUT2D eigenvalue weighted by Gasteiger charge is 2.06. The van der Waals surface area contributed by atoms with Gasteiger partial charge in [0.05, 0.1) is 12.7 Å². The van der Waals surface area contributed by atoms with Crippen LogP contribution in [0.25, 0.3) is 0 Å². The molecule has 2 N–H and O–H groups in total. The first kappa shape index (κ1) is 17.4. The van der Waals surface area contributed by atoms with Gasteiger partial charge in [-0.15, -0.1) is 0 Å². The predicted molar refractivity (Wildman–Crippen MR) is 102 cm³/mol. The standard InChI is InChI=1S/C20H20N4O2/c1-13-4-9-17(14(2)10-13)24-19-11-18(21-12-22-19)23-16-7-5-15(6-8-16)20(25)26-3/h4-12H,1-3H3,(H2,21,22,23,24). The van der Waals surface area contributed by atoms with E-state index in [9.17, 15) is 4.79 Å². The number of aromatic nitrogens is 2. The summed E-state index contributed by atoms with van der Waals surface area (Å²) in [5.74, 6) is 0.984. The van der Waals surface area contributed by atoms with E-state index in [2.05, 4.69) is 46.6 Å². The van der Waals surface area contributed by atoms with Gasteiger partial charge in [-0.2, -0.15) is 0 Å². The molecule has 1 heterocycles. The van der Waals surface area contributed by atoms with Gasteiger partial charge in [0.25, 0.3) is 0 Å². The van der Waals surface area contributed by atoms with Crippen LogP contribution in [-0.2, 0) is 4.74 Å². The fraction of sp³-hybridized carbons (Fsp3) is 0.150. The average Bonchev–Trinajstić information content (AvgIpc) is 2.64. The molecule has 3 aromatic rings. The van der Waals surface area contributed by atoms with Crippen molar-refractivity contribution in [1.29, 1.82) is 0 Å². The van der Waals surface area contributed by atoms with Crippen LogP contribution < -0.4 is 10.6 Å². The van der Waals surface area contributed by atoms with Crippen molar-refractivity contribution < 1.29 is 9.53 Å². The maximum Gasteiger partial charge on any atom is 0.337 e. The van der Waals surface area contributed by atoms with Crippen molar-refractivity contribution >= 4 is 29.0 Å². The maximum atomic E-state index is 11.5. The Kier molecular flexibility index (Phi) is 5.12. The fourth-order valence-corrected chi connectivity index (χ4v) is 2.54. The molecule has 0 aliphatic heterocycles. The highest BCUT2D eigenvalue weighted by atomic mass is 16.5. The molecular weight excluding hydrogens is 328 g/mol. The Labute approximate surface area is 152 Å². The highest BCUT2D eigenvalue weighted by molar-refractivity contribution is 5.89. The molecule has 0 bridgehead atoms. The number of hydrogen-bond acceptors (Lipinski definition) is 6. The quantitative estimate of drug-likeness (QED) is 0.667. The first-order valence-electron chi connectivity index (χ1n) is 8.17. The van der Waals surface area contributed by atoms with Crippen molar-refractivity contribution in [3.63, 3.8) is 0 Å². The van der Waals surface area contributed by atoms with E-state index in [1.165, 1.54) is 19.0 Å². The number of esters is 1. The number of anilines is 4. The van der Waals surface area contributed by atoms with Gasteiger partial charge in [-0.25, -0.2) is 14.8 Å². The third-order valence-corrected chi connectivity index (χ3v) is 3.89. The average molecular weight is 348 g/mol. The molecule has 26 heavy (non-hydrogen) atoms. The molecule has 0 aliphatic rings. The Balaban J connectivity index is 1.74. The van der Waals surface area contributed by atoms with Crippen LogP contribution in [0, 0.1) is 13.8 Å². The molecule has 0 fully saturated rings. The first-order chi connectivity index (χ1) is 12.5. The Bertz CT molecular complexity index is 923. The Morgan fingerprint density at radius 2 is 1.62 bits per heavy atom. The molecule has 2 aromatic carbocycles. The number of carbonyl (C=O) groups excluding carboxylic acids is 1. The zero-order valence-corrected chi connectivity index (χ0v) is 14.9. The summed E-state index contributed by atoms with van der Waals surface area (Å²) in [4.78, 5) is 20.0. The van der Waals surface area contributed by atoms with Gasteiger partial charge in [-0.3, -0.25) is 0 Å². The van der Waals surface area contributed by atoms with Crippen LogP contribution in [0.5, 0.6) is 0 Å². The summed E-state index contributed by atoms with van der Waals surface area (Å²) in [5.41, 5.74) is 4.68. The third kappa shape index (κ3) is 4.16. The fourth-order valence-electron chi connectivity index (χ4n) is 2.54. The number of benzene rings is 2. The van der Waals surface area contributed by atoms with E-state index >= 15 is 0 Å². The number of aryl methyl sites for hydroxylation is 2. The number of nitrogens with one attached hydrogen (secondary N) is 2. The molecule has 0 unspecified atom stereocenters. The van der Waals surface area contributed by atoms with Crippen LogP contribution >= 0.6 is 0 Å². The minimum Gasteiger partial charge on any atom is -0.465 e. The van der Waals surface area contributed by atoms with Gasteiger partial charge in [0.1, 0.15) is 18.0 Å². The van der Waals surface area contributed by atoms with Gasteiger partial charge in [0.15, 0.2) is 0 Å². The zero-order chi connectivity index (χ0) is 18.5. The molecule has 0 atom stereocenters. The Morgan fingerprint density at radius 3 is 2.27 bits per heavy atom. The molecule has 0 saturated heterocycles. The van der Waals surface area contributed by atoms with Gasteiger partial charge in [-0.05, 0) is 49.7 Å². The van der Waals surface area contributed by atoms with Crippen molar-refractivity contribution in [1.82, 2.24) is 9.97 Å². The number of ether oxygens (including phenoxy) is 1. The number of carbonyl (C=O) groups is 1. The normalized spacial score (nSPS) is 10.3. The van der Waals surface area contributed by atoms with Gasteiger partial charge in [0, 0.05) is 17.4 Å². The van der Waals surface area contributed by atoms with E-state index in [4.69, 9.17) is 4.74 Å². The summed E-state index contributed by atoms with van der Waals surface area (Å²) >= 11 is 0. The summed E-state index contributed by atoms with van der Waals surface area (Å²) in [6, 6.07) is 15.0. The van der Waals surface area contributed by atoms with Crippen LogP contribution in [0.2, 0.25) is 0 Å². The topological polar surface area (TPSA) is 76.1 Å². The lowest BCUT2D eigenvalue weighted by atomic mass is 10.1. The molecule has 0 saturated carbocycles. The lowest BCUT2D eigenvalue weighted by molar-refractivity contribution is 0.0601. The first-order valence-corrected chi connectivity index (χ1v) is 8.17. The van der Waals surface area contributed by atoms with Crippen molar-refractivity contribution in [2.45, 2.75) is 13.8 Å². The number of nitrogens with zero attached hydrogens (tertiary/aromatic N) is 2. The summed E-state index contributed by atoms with van der Waals surface area (Å²) in [6.07, 6.45) is 1.50. The van der Waals surface area contributed by atoms with Crippen LogP contribution in [0.1, 0.15) is 21.5 Å². The van der Waals surface area contributed by atoms with Crippen LogP contribution in [-0.4, -0.2) is 23.0 Å². The van der Waals surface area contributed by atoms with Crippen LogP contribution in [0.15, 0.2) is 54.9 Å². The van der Waals surface area contributed by atoms with Gasteiger partial charge < -0.3 is 15.4 Å². The molecule has 1 aromatic heterocycles. The molecule has 0 radical (unpaired) electrons. The van der Waals surface area contributed by atoms with E-state index in [1.54, 1.807) is 24.3 Å². The van der Waals surface area contributed by atoms with E-state index in [0.29, 0.717) is 17.2 Å². The van der Waals surface area contributed by atoms with E-state index in [-0.39, 0.29) is 5.97 Å². The number of methoxy groups -OCH3 is 1. The summed E-state index contributed by atoms with van der Waals surface area (Å²) in [7, 11) is 1.36. The number of hydrogen-bond donors (Lipinski definition) is 2. The van der Waals surface area contributed by atoms with Gasteiger partial charge >= 0.3 is 5.97 Å². The summed E-state index contributed by atoms with van der Waals surface area (Å²) < 4.78 is 4.70. The van der Waals surface area contributed by atoms with Gasteiger partial charge in [0.2, 0.25) is 0 Å². The largest absolute Gasteiger partial charge is 0.465 e. The molecule has 3 rings (SSSR count). The van der Waals surface area contributed by atoms with Crippen molar-refractivity contribution in [3.05, 3.63) is 71.5 Å². The predicted octanol–water partition coefficient (Wildman–Crippen LogP) is 4.37. The van der Waals surface area contributed by atoms with E-state index in [0.717, 1.165) is 16.9 Å². The van der Waals surface area contributed by atoms with Crippen molar-refractivity contribution in [3.8, 4) is 0 Å². The molecule has 6 nitrogen and oxygen atoms in total. The second-order valence-electron chi connectivity index (χ2n) is 5.93. The summed E-state index contributed by atoms with van der Waals surface area (Å²) in [6.45, 7) is 4.12. The highest BCUT2D eigenvalue weighted by Crippen LogP contribution is 2.22. The van der Waals surface area contributed by atoms with Gasteiger partial charge in [-0.1, -0.05) is 17.7 Å². The smallest absolute Gasteiger partial charge is 0.337 e.